The average Bonchev–Trinajstić information content (AvgIpc) is 2.92. The van der Waals surface area contributed by atoms with Gasteiger partial charge in [-0.25, -0.2) is 14.5 Å². The Morgan fingerprint density at radius 2 is 2.22 bits per heavy atom. The number of rotatable bonds is 4. The molecule has 1 N–H and O–H groups in total. The minimum absolute atomic E-state index is 0.0730. The van der Waals surface area contributed by atoms with Gasteiger partial charge in [0.25, 0.3) is 0 Å². The van der Waals surface area contributed by atoms with Crippen molar-refractivity contribution in [3.8, 4) is 0 Å². The minimum Gasteiger partial charge on any atom is -0.458 e. The first-order chi connectivity index (χ1) is 11.0. The van der Waals surface area contributed by atoms with Gasteiger partial charge in [0.05, 0.1) is 25.0 Å². The number of anilines is 1. The summed E-state index contributed by atoms with van der Waals surface area (Å²) in [4.78, 5) is 19.9. The third-order valence-electron chi connectivity index (χ3n) is 3.76. The van der Waals surface area contributed by atoms with E-state index < -0.39 is 0 Å². The Morgan fingerprint density at radius 3 is 2.96 bits per heavy atom. The molecule has 2 aromatic heterocycles. The maximum Gasteiger partial charge on any atom is 0.303 e. The zero-order valence-corrected chi connectivity index (χ0v) is 13.5. The van der Waals surface area contributed by atoms with Crippen LogP contribution in [0.5, 0.6) is 0 Å². The van der Waals surface area contributed by atoms with E-state index in [9.17, 15) is 4.79 Å². The van der Waals surface area contributed by atoms with Crippen molar-refractivity contribution in [2.45, 2.75) is 45.3 Å². The van der Waals surface area contributed by atoms with Gasteiger partial charge in [-0.2, -0.15) is 0 Å². The van der Waals surface area contributed by atoms with Gasteiger partial charge in [-0.3, -0.25) is 4.79 Å². The molecule has 1 fully saturated rings. The molecule has 0 spiro atoms. The fourth-order valence-electron chi connectivity index (χ4n) is 2.65. The standard InChI is InChI=1S/C15H21N5O3/c1-9(2)14-16-6-11-7-17-15(19-20(11)14)18-12-4-5-22-8-13(12)23-10(3)21/h6-7,9,12-13H,4-5,8H2,1-3H3,(H,18,19)/t12-,13-/m1/s1. The zero-order chi connectivity index (χ0) is 16.4. The van der Waals surface area contributed by atoms with E-state index in [1.54, 1.807) is 16.9 Å². The Hall–Kier alpha value is -2.22. The molecule has 0 saturated carbocycles. The van der Waals surface area contributed by atoms with Crippen molar-refractivity contribution in [2.75, 3.05) is 18.5 Å². The molecule has 0 radical (unpaired) electrons. The molecule has 1 aliphatic rings. The summed E-state index contributed by atoms with van der Waals surface area (Å²) < 4.78 is 12.5. The molecule has 0 aromatic carbocycles. The average molecular weight is 319 g/mol. The summed E-state index contributed by atoms with van der Waals surface area (Å²) in [7, 11) is 0. The van der Waals surface area contributed by atoms with Gasteiger partial charge in [0.2, 0.25) is 5.95 Å². The summed E-state index contributed by atoms with van der Waals surface area (Å²) in [5.41, 5.74) is 0.850. The summed E-state index contributed by atoms with van der Waals surface area (Å²) in [5.74, 6) is 1.31. The Bertz CT molecular complexity index is 699. The van der Waals surface area contributed by atoms with Crippen molar-refractivity contribution in [1.82, 2.24) is 19.6 Å². The van der Waals surface area contributed by atoms with Crippen LogP contribution in [0.3, 0.4) is 0 Å². The number of nitrogens with zero attached hydrogens (tertiary/aromatic N) is 4. The van der Waals surface area contributed by atoms with Crippen molar-refractivity contribution in [3.63, 3.8) is 0 Å². The summed E-state index contributed by atoms with van der Waals surface area (Å²) >= 11 is 0. The van der Waals surface area contributed by atoms with Crippen molar-refractivity contribution < 1.29 is 14.3 Å². The van der Waals surface area contributed by atoms with Crippen LogP contribution < -0.4 is 5.32 Å². The first-order valence-corrected chi connectivity index (χ1v) is 7.76. The second-order valence-corrected chi connectivity index (χ2v) is 5.95. The fourth-order valence-corrected chi connectivity index (χ4v) is 2.65. The van der Waals surface area contributed by atoms with E-state index in [1.807, 2.05) is 0 Å². The zero-order valence-electron chi connectivity index (χ0n) is 13.5. The van der Waals surface area contributed by atoms with Gasteiger partial charge in [-0.15, -0.1) is 5.10 Å². The predicted octanol–water partition coefficient (Wildman–Crippen LogP) is 1.38. The number of imidazole rings is 1. The van der Waals surface area contributed by atoms with Crippen LogP contribution in [0.2, 0.25) is 0 Å². The number of carbonyl (C=O) groups excluding carboxylic acids is 1. The molecule has 1 saturated heterocycles. The van der Waals surface area contributed by atoms with Crippen LogP contribution in [0.1, 0.15) is 38.9 Å². The van der Waals surface area contributed by atoms with E-state index in [0.29, 0.717) is 19.2 Å². The number of aromatic nitrogens is 4. The summed E-state index contributed by atoms with van der Waals surface area (Å²) in [6, 6.07) is -0.0730. The number of hydrogen-bond acceptors (Lipinski definition) is 7. The summed E-state index contributed by atoms with van der Waals surface area (Å²) in [6.07, 6.45) is 3.87. The topological polar surface area (TPSA) is 90.6 Å². The molecule has 3 rings (SSSR count). The molecule has 0 bridgehead atoms. The molecule has 2 atom stereocenters. The molecule has 8 heteroatoms. The van der Waals surface area contributed by atoms with Crippen molar-refractivity contribution in [2.24, 2.45) is 0 Å². The molecule has 8 nitrogen and oxygen atoms in total. The Balaban J connectivity index is 1.82. The van der Waals surface area contributed by atoms with E-state index in [1.165, 1.54) is 6.92 Å². The van der Waals surface area contributed by atoms with Gasteiger partial charge in [0.15, 0.2) is 0 Å². The molecule has 124 valence electrons. The molecular weight excluding hydrogens is 298 g/mol. The van der Waals surface area contributed by atoms with E-state index in [0.717, 1.165) is 17.8 Å². The van der Waals surface area contributed by atoms with Gasteiger partial charge < -0.3 is 14.8 Å². The minimum atomic E-state index is -0.340. The monoisotopic (exact) mass is 319 g/mol. The van der Waals surface area contributed by atoms with E-state index in [4.69, 9.17) is 9.47 Å². The summed E-state index contributed by atoms with van der Waals surface area (Å²) in [5, 5.41) is 7.77. The molecule has 0 amide bonds. The van der Waals surface area contributed by atoms with Gasteiger partial charge in [-0.1, -0.05) is 13.8 Å². The number of carbonyl (C=O) groups is 1. The Labute approximate surface area is 134 Å². The maximum atomic E-state index is 11.2. The third-order valence-corrected chi connectivity index (χ3v) is 3.76. The predicted molar refractivity (Wildman–Crippen MR) is 83.3 cm³/mol. The number of ether oxygens (including phenoxy) is 2. The lowest BCUT2D eigenvalue weighted by molar-refractivity contribution is -0.153. The lowest BCUT2D eigenvalue weighted by Gasteiger charge is -2.31. The highest BCUT2D eigenvalue weighted by molar-refractivity contribution is 5.66. The van der Waals surface area contributed by atoms with E-state index in [-0.39, 0.29) is 24.0 Å². The Morgan fingerprint density at radius 1 is 1.43 bits per heavy atom. The lowest BCUT2D eigenvalue weighted by atomic mass is 10.1. The van der Waals surface area contributed by atoms with Gasteiger partial charge >= 0.3 is 5.97 Å². The van der Waals surface area contributed by atoms with Gasteiger partial charge in [0, 0.05) is 19.4 Å². The fraction of sp³-hybridized carbons (Fsp3) is 0.600. The van der Waals surface area contributed by atoms with Crippen molar-refractivity contribution >= 4 is 17.4 Å². The van der Waals surface area contributed by atoms with E-state index in [2.05, 4.69) is 34.2 Å². The lowest BCUT2D eigenvalue weighted by Crippen LogP contribution is -2.44. The number of nitrogens with one attached hydrogen (secondary N) is 1. The molecular formula is C15H21N5O3. The molecule has 2 aromatic rings. The number of hydrogen-bond donors (Lipinski definition) is 1. The largest absolute Gasteiger partial charge is 0.458 e. The second-order valence-electron chi connectivity index (χ2n) is 5.95. The van der Waals surface area contributed by atoms with Gasteiger partial charge in [-0.05, 0) is 6.42 Å². The van der Waals surface area contributed by atoms with Crippen LogP contribution in [0, 0.1) is 0 Å². The molecule has 0 aliphatic carbocycles. The van der Waals surface area contributed by atoms with Crippen LogP contribution in [-0.2, 0) is 14.3 Å². The van der Waals surface area contributed by atoms with Gasteiger partial charge in [0.1, 0.15) is 17.4 Å². The Kier molecular flexibility index (Phi) is 4.42. The first-order valence-electron chi connectivity index (χ1n) is 7.76. The van der Waals surface area contributed by atoms with E-state index >= 15 is 0 Å². The quantitative estimate of drug-likeness (QED) is 0.851. The van der Waals surface area contributed by atoms with Crippen molar-refractivity contribution in [1.29, 1.82) is 0 Å². The molecule has 0 unspecified atom stereocenters. The SMILES string of the molecule is CC(=O)O[C@@H]1COCC[C@H]1Nc1ncc2cnc(C(C)C)n2n1. The van der Waals surface area contributed by atoms with Crippen LogP contribution in [0.4, 0.5) is 5.95 Å². The van der Waals surface area contributed by atoms with Crippen LogP contribution in [-0.4, -0.2) is 50.9 Å². The van der Waals surface area contributed by atoms with Crippen LogP contribution >= 0.6 is 0 Å². The smallest absolute Gasteiger partial charge is 0.303 e. The third kappa shape index (κ3) is 3.42. The maximum absolute atomic E-state index is 11.2. The normalized spacial score (nSPS) is 21.6. The van der Waals surface area contributed by atoms with Crippen LogP contribution in [0.15, 0.2) is 12.4 Å². The highest BCUT2D eigenvalue weighted by Crippen LogP contribution is 2.18. The van der Waals surface area contributed by atoms with Crippen molar-refractivity contribution in [3.05, 3.63) is 18.2 Å². The summed E-state index contributed by atoms with van der Waals surface area (Å²) in [6.45, 7) is 6.52. The first kappa shape index (κ1) is 15.7. The highest BCUT2D eigenvalue weighted by atomic mass is 16.6. The van der Waals surface area contributed by atoms with Crippen LogP contribution in [0.25, 0.3) is 5.52 Å². The number of esters is 1. The second kappa shape index (κ2) is 6.49. The highest BCUT2D eigenvalue weighted by Gasteiger charge is 2.29. The number of fused-ring (bicyclic) bond motifs is 1. The molecule has 1 aliphatic heterocycles. The molecule has 23 heavy (non-hydrogen) atoms. The molecule has 3 heterocycles.